The van der Waals surface area contributed by atoms with Gasteiger partial charge in [0.2, 0.25) is 0 Å². The highest BCUT2D eigenvalue weighted by atomic mass is 16.3. The van der Waals surface area contributed by atoms with E-state index >= 15 is 0 Å². The second-order valence-corrected chi connectivity index (χ2v) is 6.22. The van der Waals surface area contributed by atoms with Gasteiger partial charge in [-0.2, -0.15) is 0 Å². The molecule has 0 atom stereocenters. The lowest BCUT2D eigenvalue weighted by Crippen LogP contribution is -1.85. The van der Waals surface area contributed by atoms with Gasteiger partial charge in [-0.15, -0.1) is 0 Å². The minimum absolute atomic E-state index is 0.930. The lowest BCUT2D eigenvalue weighted by atomic mass is 9.93. The van der Waals surface area contributed by atoms with Crippen molar-refractivity contribution in [2.45, 2.75) is 0 Å². The third-order valence-corrected chi connectivity index (χ3v) is 4.69. The van der Waals surface area contributed by atoms with Gasteiger partial charge in [-0.3, -0.25) is 0 Å². The number of hydrogen-bond donors (Lipinski definition) is 0. The van der Waals surface area contributed by atoms with E-state index in [0.29, 0.717) is 0 Å². The number of fused-ring (bicyclic) bond motifs is 3. The van der Waals surface area contributed by atoms with Crippen molar-refractivity contribution in [3.8, 4) is 22.3 Å². The summed E-state index contributed by atoms with van der Waals surface area (Å²) in [4.78, 5) is 0. The molecule has 4 aromatic carbocycles. The van der Waals surface area contributed by atoms with Crippen LogP contribution in [0.5, 0.6) is 0 Å². The zero-order valence-electron chi connectivity index (χ0n) is 13.6. The van der Waals surface area contributed by atoms with Crippen LogP contribution in [0.2, 0.25) is 0 Å². The van der Waals surface area contributed by atoms with E-state index in [4.69, 9.17) is 4.42 Å². The van der Waals surface area contributed by atoms with E-state index in [1.807, 2.05) is 18.2 Å². The maximum absolute atomic E-state index is 6.11. The fourth-order valence-corrected chi connectivity index (χ4v) is 3.48. The van der Waals surface area contributed by atoms with E-state index < -0.39 is 0 Å². The smallest absolute Gasteiger partial charge is 0.136 e. The van der Waals surface area contributed by atoms with E-state index in [9.17, 15) is 0 Å². The molecule has 0 radical (unpaired) electrons. The summed E-state index contributed by atoms with van der Waals surface area (Å²) in [6, 6.07) is 33.7. The molecule has 5 rings (SSSR count). The third-order valence-electron chi connectivity index (χ3n) is 4.69. The van der Waals surface area contributed by atoms with Gasteiger partial charge >= 0.3 is 0 Å². The number of rotatable bonds is 2. The first-order valence-corrected chi connectivity index (χ1v) is 8.46. The highest BCUT2D eigenvalue weighted by molar-refractivity contribution is 6.08. The molecule has 1 heteroatoms. The van der Waals surface area contributed by atoms with Crippen molar-refractivity contribution in [1.29, 1.82) is 0 Å². The predicted molar refractivity (Wildman–Crippen MR) is 105 cm³/mol. The predicted octanol–water partition coefficient (Wildman–Crippen LogP) is 6.92. The van der Waals surface area contributed by atoms with Crippen molar-refractivity contribution < 1.29 is 4.42 Å². The summed E-state index contributed by atoms with van der Waals surface area (Å²) in [5.41, 5.74) is 6.70. The number of furan rings is 1. The summed E-state index contributed by atoms with van der Waals surface area (Å²) in [6.45, 7) is 0. The highest BCUT2D eigenvalue weighted by Gasteiger charge is 2.13. The van der Waals surface area contributed by atoms with Crippen LogP contribution in [0.3, 0.4) is 0 Å². The average molecular weight is 320 g/mol. The fraction of sp³-hybridized carbons (Fsp3) is 0. The normalized spacial score (nSPS) is 11.2. The first kappa shape index (κ1) is 14.1. The Labute approximate surface area is 146 Å². The maximum atomic E-state index is 6.11. The Bertz CT molecular complexity index is 1170. The van der Waals surface area contributed by atoms with Gasteiger partial charge in [0.05, 0.1) is 0 Å². The molecule has 0 N–H and O–H groups in total. The lowest BCUT2D eigenvalue weighted by Gasteiger charge is -2.11. The number of para-hydroxylation sites is 1. The lowest BCUT2D eigenvalue weighted by molar-refractivity contribution is 0.669. The summed E-state index contributed by atoms with van der Waals surface area (Å²) in [5.74, 6) is 0. The van der Waals surface area contributed by atoms with E-state index in [1.54, 1.807) is 0 Å². The van der Waals surface area contributed by atoms with Crippen LogP contribution in [0.1, 0.15) is 0 Å². The molecule has 0 amide bonds. The molecule has 0 aliphatic carbocycles. The summed E-state index contributed by atoms with van der Waals surface area (Å²) < 4.78 is 6.11. The average Bonchev–Trinajstić information content (AvgIpc) is 3.06. The quantitative estimate of drug-likeness (QED) is 0.344. The third kappa shape index (κ3) is 2.33. The van der Waals surface area contributed by atoms with Crippen LogP contribution in [0.4, 0.5) is 0 Å². The first-order valence-electron chi connectivity index (χ1n) is 8.46. The second kappa shape index (κ2) is 5.64. The van der Waals surface area contributed by atoms with Crippen LogP contribution in [-0.2, 0) is 0 Å². The molecule has 0 spiro atoms. The molecule has 1 heterocycles. The van der Waals surface area contributed by atoms with Gasteiger partial charge in [-0.25, -0.2) is 0 Å². The van der Waals surface area contributed by atoms with Gasteiger partial charge in [0.25, 0.3) is 0 Å². The summed E-state index contributed by atoms with van der Waals surface area (Å²) in [7, 11) is 0. The summed E-state index contributed by atoms with van der Waals surface area (Å²) >= 11 is 0. The molecule has 0 unspecified atom stereocenters. The van der Waals surface area contributed by atoms with Crippen molar-refractivity contribution in [3.63, 3.8) is 0 Å². The van der Waals surface area contributed by atoms with E-state index in [1.165, 1.54) is 22.3 Å². The zero-order chi connectivity index (χ0) is 16.6. The van der Waals surface area contributed by atoms with Gasteiger partial charge in [-0.1, -0.05) is 78.9 Å². The number of benzene rings is 4. The molecule has 0 saturated heterocycles. The van der Waals surface area contributed by atoms with E-state index in [-0.39, 0.29) is 0 Å². The van der Waals surface area contributed by atoms with Gasteiger partial charge < -0.3 is 4.42 Å². The largest absolute Gasteiger partial charge is 0.456 e. The second-order valence-electron chi connectivity index (χ2n) is 6.22. The Kier molecular flexibility index (Phi) is 3.17. The summed E-state index contributed by atoms with van der Waals surface area (Å²) in [6.07, 6.45) is 0. The minimum Gasteiger partial charge on any atom is -0.456 e. The van der Waals surface area contributed by atoms with Crippen molar-refractivity contribution in [2.24, 2.45) is 0 Å². The monoisotopic (exact) mass is 320 g/mol. The van der Waals surface area contributed by atoms with Gasteiger partial charge in [0.15, 0.2) is 0 Å². The Hall–Kier alpha value is -3.32. The molecule has 1 nitrogen and oxygen atoms in total. The Morgan fingerprint density at radius 1 is 0.440 bits per heavy atom. The molecule has 1 aromatic heterocycles. The van der Waals surface area contributed by atoms with E-state index in [0.717, 1.165) is 21.9 Å². The van der Waals surface area contributed by atoms with Crippen LogP contribution >= 0.6 is 0 Å². The molecule has 0 saturated carbocycles. The standard InChI is InChI=1S/C24H16O/c1-3-9-17(10-4-1)20-15-22-19-13-7-8-14-23(19)25-24(22)16-21(20)18-11-5-2-6-12-18/h1-16H. The molecule has 25 heavy (non-hydrogen) atoms. The highest BCUT2D eigenvalue weighted by Crippen LogP contribution is 2.39. The van der Waals surface area contributed by atoms with Gasteiger partial charge in [0.1, 0.15) is 11.2 Å². The van der Waals surface area contributed by atoms with Crippen molar-refractivity contribution in [2.75, 3.05) is 0 Å². The molecule has 5 aromatic rings. The maximum Gasteiger partial charge on any atom is 0.136 e. The molecule has 118 valence electrons. The van der Waals surface area contributed by atoms with Crippen molar-refractivity contribution in [3.05, 3.63) is 97.1 Å². The van der Waals surface area contributed by atoms with Gasteiger partial charge in [0, 0.05) is 10.8 Å². The van der Waals surface area contributed by atoms with E-state index in [2.05, 4.69) is 78.9 Å². The van der Waals surface area contributed by atoms with Crippen LogP contribution in [-0.4, -0.2) is 0 Å². The van der Waals surface area contributed by atoms with Crippen LogP contribution in [0, 0.1) is 0 Å². The summed E-state index contributed by atoms with van der Waals surface area (Å²) in [5, 5.41) is 2.32. The molecule has 0 bridgehead atoms. The van der Waals surface area contributed by atoms with Crippen LogP contribution < -0.4 is 0 Å². The fourth-order valence-electron chi connectivity index (χ4n) is 3.48. The Morgan fingerprint density at radius 2 is 1.00 bits per heavy atom. The Balaban J connectivity index is 1.89. The molecule has 0 aliphatic rings. The minimum atomic E-state index is 0.930. The first-order chi connectivity index (χ1) is 12.4. The molecule has 0 fully saturated rings. The topological polar surface area (TPSA) is 13.1 Å². The van der Waals surface area contributed by atoms with Crippen molar-refractivity contribution >= 4 is 21.9 Å². The Morgan fingerprint density at radius 3 is 1.68 bits per heavy atom. The van der Waals surface area contributed by atoms with Crippen molar-refractivity contribution in [1.82, 2.24) is 0 Å². The van der Waals surface area contributed by atoms with Crippen LogP contribution in [0.25, 0.3) is 44.2 Å². The zero-order valence-corrected chi connectivity index (χ0v) is 13.6. The SMILES string of the molecule is c1ccc(-c2cc3oc4ccccc4c3cc2-c2ccccc2)cc1. The molecular weight excluding hydrogens is 304 g/mol. The number of hydrogen-bond acceptors (Lipinski definition) is 1. The van der Waals surface area contributed by atoms with Crippen LogP contribution in [0.15, 0.2) is 101 Å². The molecule has 0 aliphatic heterocycles. The van der Waals surface area contributed by atoms with Gasteiger partial charge in [-0.05, 0) is 40.5 Å². The molecular formula is C24H16O.